The first kappa shape index (κ1) is 8.76. The topological polar surface area (TPSA) is 15.6 Å². The second-order valence-electron chi connectivity index (χ2n) is 2.35. The van der Waals surface area contributed by atoms with Gasteiger partial charge in [0.2, 0.25) is 0 Å². The normalized spacial score (nSPS) is 16.6. The van der Waals surface area contributed by atoms with Crippen LogP contribution in [0, 0.1) is 0 Å². The summed E-state index contributed by atoms with van der Waals surface area (Å²) >= 11 is 0. The molecule has 0 saturated carbocycles. The standard InChI is InChI=1S/C6H12N2.ClH/c1-6(2)8-4-3-7-5-8;/h5-6H,3-4H2,1-2H3;1H. The zero-order valence-corrected chi connectivity index (χ0v) is 6.69. The molecule has 0 amide bonds. The Morgan fingerprint density at radius 3 is 2.44 bits per heavy atom. The van der Waals surface area contributed by atoms with Crippen LogP contribution in [0.1, 0.15) is 13.8 Å². The Bertz CT molecular complexity index is 101. The van der Waals surface area contributed by atoms with E-state index in [1.807, 2.05) is 6.34 Å². The van der Waals surface area contributed by atoms with Gasteiger partial charge < -0.3 is 4.90 Å². The average molecular weight is 149 g/mol. The van der Waals surface area contributed by atoms with Crippen LogP contribution in [0.3, 0.4) is 0 Å². The number of aliphatic imine (C=N–C) groups is 1. The minimum atomic E-state index is 0. The van der Waals surface area contributed by atoms with Crippen molar-refractivity contribution in [3.05, 3.63) is 0 Å². The molecule has 0 spiro atoms. The van der Waals surface area contributed by atoms with Crippen LogP contribution in [-0.2, 0) is 0 Å². The molecule has 54 valence electrons. The van der Waals surface area contributed by atoms with Gasteiger partial charge in [-0.2, -0.15) is 0 Å². The van der Waals surface area contributed by atoms with Gasteiger partial charge in [-0.25, -0.2) is 0 Å². The molecule has 0 fully saturated rings. The molecular formula is C6H13ClN2. The highest BCUT2D eigenvalue weighted by Crippen LogP contribution is 1.98. The summed E-state index contributed by atoms with van der Waals surface area (Å²) in [5.41, 5.74) is 0. The zero-order chi connectivity index (χ0) is 5.98. The molecule has 0 radical (unpaired) electrons. The third kappa shape index (κ3) is 2.22. The number of halogens is 1. The van der Waals surface area contributed by atoms with Gasteiger partial charge in [-0.05, 0) is 13.8 Å². The van der Waals surface area contributed by atoms with Crippen molar-refractivity contribution in [2.45, 2.75) is 19.9 Å². The van der Waals surface area contributed by atoms with Crippen molar-refractivity contribution in [1.29, 1.82) is 0 Å². The minimum absolute atomic E-state index is 0. The first-order valence-electron chi connectivity index (χ1n) is 3.06. The highest BCUT2D eigenvalue weighted by Gasteiger charge is 2.06. The molecule has 1 aliphatic rings. The molecular weight excluding hydrogens is 136 g/mol. The molecule has 0 aliphatic carbocycles. The maximum atomic E-state index is 4.09. The monoisotopic (exact) mass is 148 g/mol. The van der Waals surface area contributed by atoms with Gasteiger partial charge in [0.25, 0.3) is 0 Å². The van der Waals surface area contributed by atoms with Crippen LogP contribution in [0.25, 0.3) is 0 Å². The quantitative estimate of drug-likeness (QED) is 0.545. The summed E-state index contributed by atoms with van der Waals surface area (Å²) in [5.74, 6) is 0. The highest BCUT2D eigenvalue weighted by atomic mass is 35.5. The van der Waals surface area contributed by atoms with E-state index in [-0.39, 0.29) is 12.4 Å². The van der Waals surface area contributed by atoms with E-state index in [0.29, 0.717) is 6.04 Å². The Hall–Kier alpha value is -0.240. The SMILES string of the molecule is CC(C)N1C=NCC1.Cl. The molecule has 0 N–H and O–H groups in total. The molecule has 2 nitrogen and oxygen atoms in total. The first-order chi connectivity index (χ1) is 3.80. The fraction of sp³-hybridized carbons (Fsp3) is 0.833. The van der Waals surface area contributed by atoms with E-state index in [0.717, 1.165) is 13.1 Å². The molecule has 0 aromatic carbocycles. The average Bonchev–Trinajstić information content (AvgIpc) is 2.12. The molecule has 0 unspecified atom stereocenters. The van der Waals surface area contributed by atoms with Crippen LogP contribution >= 0.6 is 12.4 Å². The summed E-state index contributed by atoms with van der Waals surface area (Å²) in [4.78, 5) is 6.32. The number of hydrogen-bond donors (Lipinski definition) is 0. The van der Waals surface area contributed by atoms with Gasteiger partial charge in [0, 0.05) is 12.6 Å². The summed E-state index contributed by atoms with van der Waals surface area (Å²) in [7, 11) is 0. The van der Waals surface area contributed by atoms with Crippen molar-refractivity contribution in [2.24, 2.45) is 4.99 Å². The molecule has 1 rings (SSSR count). The van der Waals surface area contributed by atoms with Crippen molar-refractivity contribution in [1.82, 2.24) is 4.90 Å². The zero-order valence-electron chi connectivity index (χ0n) is 5.87. The van der Waals surface area contributed by atoms with E-state index < -0.39 is 0 Å². The van der Waals surface area contributed by atoms with Crippen molar-refractivity contribution in [3.63, 3.8) is 0 Å². The van der Waals surface area contributed by atoms with Crippen molar-refractivity contribution >= 4 is 18.7 Å². The fourth-order valence-electron chi connectivity index (χ4n) is 0.785. The fourth-order valence-corrected chi connectivity index (χ4v) is 0.785. The van der Waals surface area contributed by atoms with Crippen LogP contribution < -0.4 is 0 Å². The van der Waals surface area contributed by atoms with E-state index in [1.54, 1.807) is 0 Å². The van der Waals surface area contributed by atoms with Crippen molar-refractivity contribution in [3.8, 4) is 0 Å². The van der Waals surface area contributed by atoms with E-state index in [2.05, 4.69) is 23.7 Å². The van der Waals surface area contributed by atoms with Gasteiger partial charge in [-0.15, -0.1) is 12.4 Å². The van der Waals surface area contributed by atoms with Crippen LogP contribution in [0.4, 0.5) is 0 Å². The summed E-state index contributed by atoms with van der Waals surface area (Å²) in [6, 6.07) is 0.626. The van der Waals surface area contributed by atoms with Crippen molar-refractivity contribution < 1.29 is 0 Å². The summed E-state index contributed by atoms with van der Waals surface area (Å²) in [5, 5.41) is 0. The lowest BCUT2D eigenvalue weighted by atomic mass is 10.3. The predicted octanol–water partition coefficient (Wildman–Crippen LogP) is 1.16. The number of hydrogen-bond acceptors (Lipinski definition) is 2. The smallest absolute Gasteiger partial charge is 0.0853 e. The van der Waals surface area contributed by atoms with E-state index in [1.165, 1.54) is 0 Å². The van der Waals surface area contributed by atoms with Gasteiger partial charge in [0.15, 0.2) is 0 Å². The van der Waals surface area contributed by atoms with Gasteiger partial charge in [0.05, 0.1) is 12.9 Å². The first-order valence-corrected chi connectivity index (χ1v) is 3.06. The lowest BCUT2D eigenvalue weighted by molar-refractivity contribution is 0.390. The molecule has 0 atom stereocenters. The van der Waals surface area contributed by atoms with Gasteiger partial charge >= 0.3 is 0 Å². The van der Waals surface area contributed by atoms with Gasteiger partial charge in [-0.1, -0.05) is 0 Å². The van der Waals surface area contributed by atoms with Crippen LogP contribution in [0.2, 0.25) is 0 Å². The van der Waals surface area contributed by atoms with Gasteiger partial charge in [-0.3, -0.25) is 4.99 Å². The predicted molar refractivity (Wildman–Crippen MR) is 42.4 cm³/mol. The highest BCUT2D eigenvalue weighted by molar-refractivity contribution is 5.85. The molecule has 1 aliphatic heterocycles. The maximum Gasteiger partial charge on any atom is 0.0853 e. The van der Waals surface area contributed by atoms with E-state index in [4.69, 9.17) is 0 Å². The summed E-state index contributed by atoms with van der Waals surface area (Å²) < 4.78 is 0. The lowest BCUT2D eigenvalue weighted by Crippen LogP contribution is -2.27. The Kier molecular flexibility index (Phi) is 3.62. The Morgan fingerprint density at radius 1 is 1.56 bits per heavy atom. The van der Waals surface area contributed by atoms with Crippen LogP contribution in [0.5, 0.6) is 0 Å². The third-order valence-corrected chi connectivity index (χ3v) is 1.38. The molecule has 9 heavy (non-hydrogen) atoms. The maximum absolute atomic E-state index is 4.09. The molecule has 1 heterocycles. The van der Waals surface area contributed by atoms with E-state index >= 15 is 0 Å². The second-order valence-corrected chi connectivity index (χ2v) is 2.35. The Labute approximate surface area is 62.4 Å². The summed E-state index contributed by atoms with van der Waals surface area (Å²) in [6.07, 6.45) is 1.94. The largest absolute Gasteiger partial charge is 0.359 e. The third-order valence-electron chi connectivity index (χ3n) is 1.38. The van der Waals surface area contributed by atoms with Crippen LogP contribution in [-0.4, -0.2) is 30.4 Å². The molecule has 3 heteroatoms. The van der Waals surface area contributed by atoms with E-state index in [9.17, 15) is 0 Å². The molecule has 0 aromatic heterocycles. The number of rotatable bonds is 1. The lowest BCUT2D eigenvalue weighted by Gasteiger charge is -2.17. The van der Waals surface area contributed by atoms with Crippen LogP contribution in [0.15, 0.2) is 4.99 Å². The number of nitrogens with zero attached hydrogens (tertiary/aromatic N) is 2. The molecule has 0 saturated heterocycles. The molecule has 0 aromatic rings. The Morgan fingerprint density at radius 2 is 2.22 bits per heavy atom. The second kappa shape index (κ2) is 3.72. The Balaban J connectivity index is 0.000000640. The molecule has 0 bridgehead atoms. The van der Waals surface area contributed by atoms with Gasteiger partial charge in [0.1, 0.15) is 0 Å². The van der Waals surface area contributed by atoms with Crippen molar-refractivity contribution in [2.75, 3.05) is 13.1 Å². The minimum Gasteiger partial charge on any atom is -0.359 e. The summed E-state index contributed by atoms with van der Waals surface area (Å²) in [6.45, 7) is 6.45.